The van der Waals surface area contributed by atoms with Gasteiger partial charge in [0.1, 0.15) is 0 Å². The van der Waals surface area contributed by atoms with Crippen molar-refractivity contribution in [3.8, 4) is 0 Å². The second-order valence-electron chi connectivity index (χ2n) is 3.88. The zero-order valence-corrected chi connectivity index (χ0v) is 10.5. The zero-order chi connectivity index (χ0) is 12.1. The summed E-state index contributed by atoms with van der Waals surface area (Å²) in [6.45, 7) is 4.07. The monoisotopic (exact) mass is 229 g/mol. The first-order chi connectivity index (χ1) is 7.85. The number of H-pyrrole nitrogens is 1. The summed E-state index contributed by atoms with van der Waals surface area (Å²) in [5.41, 5.74) is 1.02. The fourth-order valence-electron chi connectivity index (χ4n) is 1.28. The van der Waals surface area contributed by atoms with Crippen LogP contribution in [0.4, 0.5) is 4.39 Å². The molecule has 0 spiro atoms. The van der Waals surface area contributed by atoms with Crippen molar-refractivity contribution in [3.05, 3.63) is 11.9 Å². The summed E-state index contributed by atoms with van der Waals surface area (Å²) < 4.78 is 11.7. The van der Waals surface area contributed by atoms with Crippen molar-refractivity contribution >= 4 is 0 Å². The Balaban J connectivity index is 0.000000673. The summed E-state index contributed by atoms with van der Waals surface area (Å²) in [6.07, 6.45) is 9.11. The highest BCUT2D eigenvalue weighted by Crippen LogP contribution is 2.06. The number of nitrogens with zero attached hydrogens (tertiary/aromatic N) is 2. The number of rotatable bonds is 7. The maximum Gasteiger partial charge on any atom is 0.0894 e. The average Bonchev–Trinajstić information content (AvgIpc) is 2.77. The maximum atomic E-state index is 11.7. The molecule has 0 unspecified atom stereocenters. The molecule has 1 heterocycles. The van der Waals surface area contributed by atoms with E-state index >= 15 is 0 Å². The molecule has 0 saturated carbocycles. The first-order valence-corrected chi connectivity index (χ1v) is 6.25. The van der Waals surface area contributed by atoms with E-state index in [4.69, 9.17) is 0 Å². The van der Waals surface area contributed by atoms with Gasteiger partial charge in [0.25, 0.3) is 0 Å². The fraction of sp³-hybridized carbons (Fsp3) is 0.833. The summed E-state index contributed by atoms with van der Waals surface area (Å²) in [7, 11) is 0. The SMILES string of the molecule is CCC.FCCCCCCCc1cn[nH]n1. The molecule has 0 saturated heterocycles. The highest BCUT2D eigenvalue weighted by atomic mass is 19.1. The Hall–Kier alpha value is -0.930. The van der Waals surface area contributed by atoms with Gasteiger partial charge in [-0.25, -0.2) is 0 Å². The number of hydrogen-bond donors (Lipinski definition) is 1. The van der Waals surface area contributed by atoms with Crippen molar-refractivity contribution in [1.29, 1.82) is 0 Å². The quantitative estimate of drug-likeness (QED) is 0.724. The molecule has 1 aromatic rings. The number of alkyl halides is 1. The molecule has 0 aliphatic heterocycles. The van der Waals surface area contributed by atoms with Crippen LogP contribution in [0.1, 0.15) is 58.1 Å². The molecule has 0 bridgehead atoms. The standard InChI is InChI=1S/C9H16FN3.C3H8/c10-7-5-3-1-2-4-6-9-8-11-13-12-9;1-3-2/h8H,1-7H2,(H,11,12,13);3H2,1-2H3. The van der Waals surface area contributed by atoms with Crippen molar-refractivity contribution in [2.24, 2.45) is 0 Å². The molecule has 0 amide bonds. The predicted octanol–water partition coefficient (Wildman–Crippen LogP) is 3.68. The van der Waals surface area contributed by atoms with Crippen molar-refractivity contribution < 1.29 is 4.39 Å². The van der Waals surface area contributed by atoms with Crippen LogP contribution in [0.5, 0.6) is 0 Å². The van der Waals surface area contributed by atoms with Gasteiger partial charge in [-0.2, -0.15) is 15.4 Å². The van der Waals surface area contributed by atoms with E-state index in [0.29, 0.717) is 6.42 Å². The van der Waals surface area contributed by atoms with Gasteiger partial charge in [0, 0.05) is 0 Å². The highest BCUT2D eigenvalue weighted by molar-refractivity contribution is 4.89. The van der Waals surface area contributed by atoms with Gasteiger partial charge in [0.15, 0.2) is 0 Å². The topological polar surface area (TPSA) is 41.6 Å². The number of aryl methyl sites for hydroxylation is 1. The first-order valence-electron chi connectivity index (χ1n) is 6.25. The molecule has 0 aliphatic carbocycles. The molecule has 16 heavy (non-hydrogen) atoms. The van der Waals surface area contributed by atoms with Gasteiger partial charge in [0.2, 0.25) is 0 Å². The van der Waals surface area contributed by atoms with Crippen LogP contribution in [-0.4, -0.2) is 22.1 Å². The number of aromatic nitrogens is 3. The lowest BCUT2D eigenvalue weighted by molar-refractivity contribution is 0.451. The third-order valence-corrected chi connectivity index (χ3v) is 2.03. The van der Waals surface area contributed by atoms with Crippen LogP contribution in [-0.2, 0) is 6.42 Å². The molecule has 0 fully saturated rings. The van der Waals surface area contributed by atoms with E-state index in [0.717, 1.165) is 37.8 Å². The van der Waals surface area contributed by atoms with Crippen LogP contribution in [0.2, 0.25) is 0 Å². The second-order valence-corrected chi connectivity index (χ2v) is 3.88. The van der Waals surface area contributed by atoms with Gasteiger partial charge in [-0.1, -0.05) is 39.5 Å². The molecule has 0 aromatic carbocycles. The van der Waals surface area contributed by atoms with Gasteiger partial charge < -0.3 is 0 Å². The molecule has 1 N–H and O–H groups in total. The molecule has 0 atom stereocenters. The zero-order valence-electron chi connectivity index (χ0n) is 10.5. The molecule has 0 aliphatic rings. The smallest absolute Gasteiger partial charge is 0.0894 e. The Morgan fingerprint density at radius 1 is 1.12 bits per heavy atom. The minimum atomic E-state index is -0.177. The summed E-state index contributed by atoms with van der Waals surface area (Å²) in [6, 6.07) is 0. The third-order valence-electron chi connectivity index (χ3n) is 2.03. The van der Waals surface area contributed by atoms with Crippen LogP contribution in [0.15, 0.2) is 6.20 Å². The second kappa shape index (κ2) is 12.1. The van der Waals surface area contributed by atoms with Crippen molar-refractivity contribution in [1.82, 2.24) is 15.4 Å². The Kier molecular flexibility index (Phi) is 11.4. The third kappa shape index (κ3) is 9.62. The number of hydrogen-bond acceptors (Lipinski definition) is 2. The van der Waals surface area contributed by atoms with Crippen molar-refractivity contribution in [2.75, 3.05) is 6.67 Å². The van der Waals surface area contributed by atoms with Gasteiger partial charge in [-0.3, -0.25) is 4.39 Å². The van der Waals surface area contributed by atoms with E-state index in [2.05, 4.69) is 29.3 Å². The number of halogens is 1. The lowest BCUT2D eigenvalue weighted by Gasteiger charge is -1.97. The van der Waals surface area contributed by atoms with Crippen molar-refractivity contribution in [3.63, 3.8) is 0 Å². The first kappa shape index (κ1) is 15.1. The molecular formula is C12H24FN3. The van der Waals surface area contributed by atoms with E-state index in [1.807, 2.05) is 0 Å². The number of unbranched alkanes of at least 4 members (excludes halogenated alkanes) is 4. The van der Waals surface area contributed by atoms with Crippen molar-refractivity contribution in [2.45, 2.75) is 58.8 Å². The van der Waals surface area contributed by atoms with E-state index in [1.165, 1.54) is 6.42 Å². The van der Waals surface area contributed by atoms with Crippen LogP contribution in [0.3, 0.4) is 0 Å². The molecule has 3 nitrogen and oxygen atoms in total. The lowest BCUT2D eigenvalue weighted by atomic mass is 10.1. The Bertz CT molecular complexity index is 212. The Labute approximate surface area is 97.8 Å². The predicted molar refractivity (Wildman–Crippen MR) is 65.1 cm³/mol. The highest BCUT2D eigenvalue weighted by Gasteiger charge is 1.95. The van der Waals surface area contributed by atoms with E-state index < -0.39 is 0 Å². The van der Waals surface area contributed by atoms with Crippen LogP contribution in [0, 0.1) is 0 Å². The van der Waals surface area contributed by atoms with Gasteiger partial charge in [0.05, 0.1) is 18.6 Å². The number of nitrogens with one attached hydrogen (secondary N) is 1. The fourth-order valence-corrected chi connectivity index (χ4v) is 1.28. The number of aromatic amines is 1. The molecular weight excluding hydrogens is 205 g/mol. The summed E-state index contributed by atoms with van der Waals surface area (Å²) in [4.78, 5) is 0. The minimum absolute atomic E-state index is 0.177. The maximum absolute atomic E-state index is 11.7. The van der Waals surface area contributed by atoms with Gasteiger partial charge in [-0.15, -0.1) is 0 Å². The summed E-state index contributed by atoms with van der Waals surface area (Å²) in [5, 5.41) is 10.3. The Morgan fingerprint density at radius 3 is 2.31 bits per heavy atom. The van der Waals surface area contributed by atoms with E-state index in [-0.39, 0.29) is 6.67 Å². The van der Waals surface area contributed by atoms with Crippen LogP contribution in [0.25, 0.3) is 0 Å². The summed E-state index contributed by atoms with van der Waals surface area (Å²) in [5.74, 6) is 0. The molecule has 1 aromatic heterocycles. The van der Waals surface area contributed by atoms with E-state index in [1.54, 1.807) is 6.20 Å². The Morgan fingerprint density at radius 2 is 1.75 bits per heavy atom. The van der Waals surface area contributed by atoms with E-state index in [9.17, 15) is 4.39 Å². The molecule has 94 valence electrons. The normalized spacial score (nSPS) is 9.69. The molecule has 1 rings (SSSR count). The molecule has 4 heteroatoms. The van der Waals surface area contributed by atoms with Gasteiger partial charge in [-0.05, 0) is 19.3 Å². The molecule has 0 radical (unpaired) electrons. The van der Waals surface area contributed by atoms with Gasteiger partial charge >= 0.3 is 0 Å². The van der Waals surface area contributed by atoms with Crippen LogP contribution < -0.4 is 0 Å². The minimum Gasteiger partial charge on any atom is -0.251 e. The summed E-state index contributed by atoms with van der Waals surface area (Å²) >= 11 is 0. The lowest BCUT2D eigenvalue weighted by Crippen LogP contribution is -1.86. The average molecular weight is 229 g/mol. The van der Waals surface area contributed by atoms with Crippen LogP contribution >= 0.6 is 0 Å². The largest absolute Gasteiger partial charge is 0.251 e.